The van der Waals surface area contributed by atoms with Crippen LogP contribution >= 0.6 is 0 Å². The third kappa shape index (κ3) is 4.20. The number of rotatable bonds is 6. The van der Waals surface area contributed by atoms with Crippen LogP contribution in [0.3, 0.4) is 0 Å². The highest BCUT2D eigenvalue weighted by Gasteiger charge is 2.30. The van der Waals surface area contributed by atoms with Crippen molar-refractivity contribution in [2.24, 2.45) is 4.99 Å². The van der Waals surface area contributed by atoms with E-state index < -0.39 is 16.0 Å². The van der Waals surface area contributed by atoms with E-state index in [1.165, 1.54) is 6.07 Å². The maximum Gasteiger partial charge on any atom is 0.327 e. The van der Waals surface area contributed by atoms with E-state index in [4.69, 9.17) is 9.47 Å². The van der Waals surface area contributed by atoms with Gasteiger partial charge >= 0.3 is 5.97 Å². The standard InChI is InChI=1S/C18H18N2O5S/c1-13-5-4-6-14(11-13)24-9-10-25-17(21)12-19-18-15-7-2-3-8-16(15)26(22,23)20-18/h2-8,11H,9-10,12H2,1H3,(H,19,20). The lowest BCUT2D eigenvalue weighted by molar-refractivity contribution is -0.142. The first-order valence-electron chi connectivity index (χ1n) is 7.97. The van der Waals surface area contributed by atoms with Gasteiger partial charge < -0.3 is 9.47 Å². The lowest BCUT2D eigenvalue weighted by atomic mass is 10.2. The molecule has 7 nitrogen and oxygen atoms in total. The number of carbonyl (C=O) groups is 1. The third-order valence-corrected chi connectivity index (χ3v) is 5.03. The number of aryl methyl sites for hydroxylation is 1. The quantitative estimate of drug-likeness (QED) is 0.613. The highest BCUT2D eigenvalue weighted by atomic mass is 32.2. The molecule has 0 saturated heterocycles. The Morgan fingerprint density at radius 3 is 2.73 bits per heavy atom. The molecule has 0 unspecified atom stereocenters. The predicted octanol–water partition coefficient (Wildman–Crippen LogP) is 1.66. The zero-order valence-electron chi connectivity index (χ0n) is 14.1. The van der Waals surface area contributed by atoms with Crippen LogP contribution in [0.15, 0.2) is 58.4 Å². The van der Waals surface area contributed by atoms with Crippen LogP contribution in [0, 0.1) is 6.92 Å². The van der Waals surface area contributed by atoms with Crippen LogP contribution < -0.4 is 9.46 Å². The summed E-state index contributed by atoms with van der Waals surface area (Å²) in [5, 5.41) is 0. The second-order valence-corrected chi connectivity index (χ2v) is 7.30. The zero-order valence-corrected chi connectivity index (χ0v) is 15.0. The fourth-order valence-electron chi connectivity index (χ4n) is 2.46. The fourth-order valence-corrected chi connectivity index (χ4v) is 3.71. The van der Waals surface area contributed by atoms with Gasteiger partial charge in [0.2, 0.25) is 0 Å². The molecule has 0 aliphatic carbocycles. The third-order valence-electron chi connectivity index (χ3n) is 3.63. The first kappa shape index (κ1) is 17.9. The van der Waals surface area contributed by atoms with Crippen LogP contribution in [-0.2, 0) is 19.6 Å². The van der Waals surface area contributed by atoms with Crippen molar-refractivity contribution < 1.29 is 22.7 Å². The van der Waals surface area contributed by atoms with Gasteiger partial charge in [-0.2, -0.15) is 0 Å². The smallest absolute Gasteiger partial charge is 0.327 e. The number of ether oxygens (including phenoxy) is 2. The molecule has 0 saturated carbocycles. The Morgan fingerprint density at radius 1 is 1.12 bits per heavy atom. The topological polar surface area (TPSA) is 94.1 Å². The van der Waals surface area contributed by atoms with Gasteiger partial charge in [-0.25, -0.2) is 8.42 Å². The minimum absolute atomic E-state index is 0.0833. The minimum atomic E-state index is -3.61. The van der Waals surface area contributed by atoms with Gasteiger partial charge in [0.25, 0.3) is 10.0 Å². The summed E-state index contributed by atoms with van der Waals surface area (Å²) in [7, 11) is -3.61. The van der Waals surface area contributed by atoms with Gasteiger partial charge in [0.05, 0.1) is 4.90 Å². The molecular weight excluding hydrogens is 356 g/mol. The van der Waals surface area contributed by atoms with Gasteiger partial charge in [-0.05, 0) is 36.8 Å². The molecule has 0 bridgehead atoms. The summed E-state index contributed by atoms with van der Waals surface area (Å²) in [4.78, 5) is 15.9. The van der Waals surface area contributed by atoms with Crippen molar-refractivity contribution in [2.45, 2.75) is 11.8 Å². The number of hydrogen-bond acceptors (Lipinski definition) is 6. The monoisotopic (exact) mass is 374 g/mol. The van der Waals surface area contributed by atoms with Gasteiger partial charge in [0.1, 0.15) is 31.3 Å². The van der Waals surface area contributed by atoms with Crippen molar-refractivity contribution in [3.63, 3.8) is 0 Å². The highest BCUT2D eigenvalue weighted by molar-refractivity contribution is 7.90. The van der Waals surface area contributed by atoms with Crippen LogP contribution in [-0.4, -0.2) is 40.0 Å². The normalized spacial score (nSPS) is 16.0. The molecule has 3 rings (SSSR count). The minimum Gasteiger partial charge on any atom is -0.490 e. The summed E-state index contributed by atoms with van der Waals surface area (Å²) in [6.45, 7) is 1.99. The number of benzene rings is 2. The summed E-state index contributed by atoms with van der Waals surface area (Å²) in [6, 6.07) is 14.0. The Kier molecular flexibility index (Phi) is 5.22. The van der Waals surface area contributed by atoms with Crippen LogP contribution in [0.4, 0.5) is 0 Å². The Labute approximate surface area is 151 Å². The summed E-state index contributed by atoms with van der Waals surface area (Å²) in [5.41, 5.74) is 1.53. The Morgan fingerprint density at radius 2 is 1.92 bits per heavy atom. The van der Waals surface area contributed by atoms with Gasteiger partial charge in [0.15, 0.2) is 0 Å². The maximum atomic E-state index is 12.0. The number of nitrogens with one attached hydrogen (secondary N) is 1. The largest absolute Gasteiger partial charge is 0.490 e. The Balaban J connectivity index is 1.49. The SMILES string of the molecule is Cc1cccc(OCCOC(=O)CN=C2NS(=O)(=O)c3ccccc32)c1. The van der Waals surface area contributed by atoms with Crippen molar-refractivity contribution >= 4 is 21.8 Å². The fraction of sp³-hybridized carbons (Fsp3) is 0.222. The van der Waals surface area contributed by atoms with Crippen LogP contribution in [0.1, 0.15) is 11.1 Å². The predicted molar refractivity (Wildman–Crippen MR) is 95.8 cm³/mol. The number of aliphatic imine (C=N–C) groups is 1. The number of nitrogens with zero attached hydrogens (tertiary/aromatic N) is 1. The summed E-state index contributed by atoms with van der Waals surface area (Å²) in [5.74, 6) is 0.292. The molecule has 0 spiro atoms. The molecule has 0 fully saturated rings. The van der Waals surface area contributed by atoms with Crippen molar-refractivity contribution in [3.05, 3.63) is 59.7 Å². The van der Waals surface area contributed by atoms with E-state index in [9.17, 15) is 13.2 Å². The van der Waals surface area contributed by atoms with Crippen molar-refractivity contribution in [1.82, 2.24) is 4.72 Å². The Hall–Kier alpha value is -2.87. The molecule has 0 amide bonds. The van der Waals surface area contributed by atoms with Gasteiger partial charge in [-0.3, -0.25) is 14.5 Å². The second-order valence-electron chi connectivity index (χ2n) is 5.65. The van der Waals surface area contributed by atoms with Gasteiger partial charge in [-0.15, -0.1) is 0 Å². The number of fused-ring (bicyclic) bond motifs is 1. The van der Waals surface area contributed by atoms with E-state index in [-0.39, 0.29) is 30.5 Å². The molecule has 1 aliphatic rings. The number of amidine groups is 1. The van der Waals surface area contributed by atoms with E-state index >= 15 is 0 Å². The van der Waals surface area contributed by atoms with Crippen molar-refractivity contribution in [2.75, 3.05) is 19.8 Å². The van der Waals surface area contributed by atoms with E-state index in [1.54, 1.807) is 18.2 Å². The van der Waals surface area contributed by atoms with Crippen molar-refractivity contribution in [1.29, 1.82) is 0 Å². The average molecular weight is 374 g/mol. The van der Waals surface area contributed by atoms with Crippen molar-refractivity contribution in [3.8, 4) is 5.75 Å². The Bertz CT molecular complexity index is 954. The first-order valence-corrected chi connectivity index (χ1v) is 9.46. The van der Waals surface area contributed by atoms with E-state index in [2.05, 4.69) is 9.71 Å². The summed E-state index contributed by atoms with van der Waals surface area (Å²) in [6.07, 6.45) is 0. The highest BCUT2D eigenvalue weighted by Crippen LogP contribution is 2.22. The molecule has 2 aromatic carbocycles. The molecule has 0 atom stereocenters. The van der Waals surface area contributed by atoms with E-state index in [0.29, 0.717) is 11.3 Å². The number of hydrogen-bond donors (Lipinski definition) is 1. The van der Waals surface area contributed by atoms with E-state index in [0.717, 1.165) is 5.56 Å². The molecule has 1 heterocycles. The molecule has 2 aromatic rings. The molecule has 1 N–H and O–H groups in total. The van der Waals surface area contributed by atoms with Crippen LogP contribution in [0.25, 0.3) is 0 Å². The molecule has 136 valence electrons. The lowest BCUT2D eigenvalue weighted by Gasteiger charge is -2.07. The lowest BCUT2D eigenvalue weighted by Crippen LogP contribution is -2.23. The zero-order chi connectivity index (χ0) is 18.6. The maximum absolute atomic E-state index is 12.0. The number of sulfonamides is 1. The molecule has 26 heavy (non-hydrogen) atoms. The van der Waals surface area contributed by atoms with E-state index in [1.807, 2.05) is 31.2 Å². The molecule has 1 aliphatic heterocycles. The molecular formula is C18H18N2O5S. The summed E-state index contributed by atoms with van der Waals surface area (Å²) < 4.78 is 36.8. The summed E-state index contributed by atoms with van der Waals surface area (Å²) >= 11 is 0. The van der Waals surface area contributed by atoms with Gasteiger partial charge in [-0.1, -0.05) is 24.3 Å². The number of carbonyl (C=O) groups excluding carboxylic acids is 1. The second kappa shape index (κ2) is 7.57. The average Bonchev–Trinajstić information content (AvgIpc) is 2.88. The molecule has 0 aromatic heterocycles. The number of esters is 1. The van der Waals surface area contributed by atoms with Gasteiger partial charge in [0, 0.05) is 5.56 Å². The molecule has 8 heteroatoms. The molecule has 0 radical (unpaired) electrons. The first-order chi connectivity index (χ1) is 12.5. The van der Waals surface area contributed by atoms with Crippen LogP contribution in [0.2, 0.25) is 0 Å². The van der Waals surface area contributed by atoms with Crippen LogP contribution in [0.5, 0.6) is 5.75 Å².